The van der Waals surface area contributed by atoms with Gasteiger partial charge in [0.25, 0.3) is 0 Å². The van der Waals surface area contributed by atoms with E-state index in [1.54, 1.807) is 12.1 Å². The first kappa shape index (κ1) is 25.3. The van der Waals surface area contributed by atoms with Crippen molar-refractivity contribution >= 4 is 10.0 Å². The van der Waals surface area contributed by atoms with Crippen molar-refractivity contribution in [3.05, 3.63) is 47.5 Å². The number of halogens is 1. The largest absolute Gasteiger partial charge is 0.489 e. The van der Waals surface area contributed by atoms with E-state index in [4.69, 9.17) is 20.0 Å². The average Bonchev–Trinajstić information content (AvgIpc) is 3.16. The summed E-state index contributed by atoms with van der Waals surface area (Å²) in [5, 5.41) is 38.7. The molecule has 0 spiro atoms. The van der Waals surface area contributed by atoms with Gasteiger partial charge in [-0.25, -0.2) is 17.8 Å². The molecule has 1 saturated heterocycles. The van der Waals surface area contributed by atoms with Crippen LogP contribution in [0.4, 0.5) is 4.39 Å². The van der Waals surface area contributed by atoms with Crippen molar-refractivity contribution in [1.29, 1.82) is 10.5 Å². The molecule has 2 atom stereocenters. The third-order valence-electron chi connectivity index (χ3n) is 5.18. The normalized spacial score (nSPS) is 20.6. The highest BCUT2D eigenvalue weighted by Crippen LogP contribution is 2.36. The van der Waals surface area contributed by atoms with E-state index in [-0.39, 0.29) is 46.7 Å². The summed E-state index contributed by atoms with van der Waals surface area (Å²) < 4.78 is 52.7. The molecular formula is C22H23FN4O6S. The van der Waals surface area contributed by atoms with Gasteiger partial charge in [-0.05, 0) is 18.1 Å². The number of aliphatic hydroxyl groups excluding tert-OH is 1. The van der Waals surface area contributed by atoms with Gasteiger partial charge in [-0.2, -0.15) is 14.8 Å². The number of pyridine rings is 1. The molecule has 2 heterocycles. The molecule has 0 unspecified atom stereocenters. The number of nitriles is 2. The van der Waals surface area contributed by atoms with Gasteiger partial charge in [0.1, 0.15) is 40.3 Å². The predicted molar refractivity (Wildman–Crippen MR) is 116 cm³/mol. The fourth-order valence-electron chi connectivity index (χ4n) is 3.29. The van der Waals surface area contributed by atoms with E-state index in [1.807, 2.05) is 13.8 Å². The molecule has 2 aromatic rings. The molecule has 1 aromatic heterocycles. The molecule has 12 heteroatoms. The maximum atomic E-state index is 14.3. The van der Waals surface area contributed by atoms with Crippen LogP contribution in [0.15, 0.2) is 35.4 Å². The first-order valence-corrected chi connectivity index (χ1v) is 11.7. The van der Waals surface area contributed by atoms with E-state index in [0.717, 1.165) is 22.6 Å². The molecule has 0 aliphatic carbocycles. The van der Waals surface area contributed by atoms with E-state index in [2.05, 4.69) is 4.98 Å². The Morgan fingerprint density at radius 2 is 2.03 bits per heavy atom. The lowest BCUT2D eigenvalue weighted by atomic mass is 10.0. The number of rotatable bonds is 8. The SMILES string of the molecule is CC(C)COc1cc(C#N)c(F)cc1O[C@H]1CN(S(=O)(=O)c2ccc(C#N)nc2)C[C@@]1(O)CO. The zero-order valence-electron chi connectivity index (χ0n) is 18.5. The topological polar surface area (TPSA) is 157 Å². The van der Waals surface area contributed by atoms with E-state index in [0.29, 0.717) is 0 Å². The number of ether oxygens (including phenoxy) is 2. The summed E-state index contributed by atoms with van der Waals surface area (Å²) in [6.45, 7) is 2.29. The van der Waals surface area contributed by atoms with Gasteiger partial charge < -0.3 is 19.7 Å². The van der Waals surface area contributed by atoms with Gasteiger partial charge in [0.05, 0.1) is 25.3 Å². The van der Waals surface area contributed by atoms with Crippen molar-refractivity contribution in [2.75, 3.05) is 26.3 Å². The third kappa shape index (κ3) is 5.11. The highest BCUT2D eigenvalue weighted by molar-refractivity contribution is 7.89. The Balaban J connectivity index is 1.92. The lowest BCUT2D eigenvalue weighted by Crippen LogP contribution is -2.48. The summed E-state index contributed by atoms with van der Waals surface area (Å²) in [6, 6.07) is 8.04. The smallest absolute Gasteiger partial charge is 0.244 e. The quantitative estimate of drug-likeness (QED) is 0.554. The number of aliphatic hydroxyl groups is 2. The lowest BCUT2D eigenvalue weighted by Gasteiger charge is -2.28. The van der Waals surface area contributed by atoms with E-state index < -0.39 is 40.7 Å². The summed E-state index contributed by atoms with van der Waals surface area (Å²) in [7, 11) is -4.16. The van der Waals surface area contributed by atoms with Crippen LogP contribution in [0.2, 0.25) is 0 Å². The molecule has 1 fully saturated rings. The summed E-state index contributed by atoms with van der Waals surface area (Å²) in [5.74, 6) is -0.878. The molecule has 0 radical (unpaired) electrons. The molecule has 1 aromatic carbocycles. The maximum Gasteiger partial charge on any atom is 0.244 e. The molecule has 1 aliphatic heterocycles. The second-order valence-corrected chi connectivity index (χ2v) is 10.2. The second kappa shape index (κ2) is 9.91. The van der Waals surface area contributed by atoms with Gasteiger partial charge in [0.15, 0.2) is 11.5 Å². The van der Waals surface area contributed by atoms with E-state index in [9.17, 15) is 23.0 Å². The lowest BCUT2D eigenvalue weighted by molar-refractivity contribution is -0.0647. The Bertz CT molecular complexity index is 1240. The first-order chi connectivity index (χ1) is 16.0. The fraction of sp³-hybridized carbons (Fsp3) is 0.409. The first-order valence-electron chi connectivity index (χ1n) is 10.3. The Hall–Kier alpha value is -3.29. The number of β-amino-alcohol motifs (C(OH)–C–C–N with tert-alkyl or cyclic N) is 1. The highest BCUT2D eigenvalue weighted by atomic mass is 32.2. The van der Waals surface area contributed by atoms with Gasteiger partial charge >= 0.3 is 0 Å². The van der Waals surface area contributed by atoms with Gasteiger partial charge in [0, 0.05) is 24.9 Å². The Morgan fingerprint density at radius 1 is 1.29 bits per heavy atom. The zero-order chi connectivity index (χ0) is 25.1. The number of sulfonamides is 1. The fourth-order valence-corrected chi connectivity index (χ4v) is 4.74. The van der Waals surface area contributed by atoms with Crippen LogP contribution in [0.3, 0.4) is 0 Å². The van der Waals surface area contributed by atoms with E-state index >= 15 is 0 Å². The van der Waals surface area contributed by atoms with Crippen molar-refractivity contribution < 1.29 is 32.5 Å². The second-order valence-electron chi connectivity index (χ2n) is 8.25. The molecule has 10 nitrogen and oxygen atoms in total. The maximum absolute atomic E-state index is 14.3. The number of benzene rings is 1. The number of hydrogen-bond donors (Lipinski definition) is 2. The molecule has 1 aliphatic rings. The van der Waals surface area contributed by atoms with Crippen LogP contribution in [0.1, 0.15) is 25.1 Å². The molecule has 0 saturated carbocycles. The monoisotopic (exact) mass is 490 g/mol. The van der Waals surface area contributed by atoms with Crippen molar-refractivity contribution in [1.82, 2.24) is 9.29 Å². The summed E-state index contributed by atoms with van der Waals surface area (Å²) in [5.41, 5.74) is -2.25. The van der Waals surface area contributed by atoms with Crippen LogP contribution >= 0.6 is 0 Å². The molecule has 180 valence electrons. The Kier molecular flexibility index (Phi) is 7.38. The van der Waals surface area contributed by atoms with Crippen molar-refractivity contribution in [2.45, 2.75) is 30.4 Å². The van der Waals surface area contributed by atoms with Crippen LogP contribution in [-0.2, 0) is 10.0 Å². The minimum atomic E-state index is -4.16. The summed E-state index contributed by atoms with van der Waals surface area (Å²) in [6.07, 6.45) is -0.263. The molecule has 0 amide bonds. The minimum Gasteiger partial charge on any atom is -0.489 e. The van der Waals surface area contributed by atoms with Crippen molar-refractivity contribution in [2.24, 2.45) is 5.92 Å². The Morgan fingerprint density at radius 3 is 2.59 bits per heavy atom. The standard InChI is InChI=1S/C22H23FN4O6S/c1-14(2)11-32-19-5-15(7-24)18(23)6-20(19)33-21-10-27(12-22(21,29)13-28)34(30,31)17-4-3-16(8-25)26-9-17/h3-6,9,14,21,28-29H,10-13H2,1-2H3/t21-,22+/m0/s1. The van der Waals surface area contributed by atoms with Crippen LogP contribution in [-0.4, -0.2) is 65.9 Å². The van der Waals surface area contributed by atoms with Crippen molar-refractivity contribution in [3.8, 4) is 23.6 Å². The average molecular weight is 491 g/mol. The third-order valence-corrected chi connectivity index (χ3v) is 6.97. The van der Waals surface area contributed by atoms with Crippen LogP contribution in [0.25, 0.3) is 0 Å². The predicted octanol–water partition coefficient (Wildman–Crippen LogP) is 1.17. The van der Waals surface area contributed by atoms with Gasteiger partial charge in [0.2, 0.25) is 10.0 Å². The molecule has 3 rings (SSSR count). The summed E-state index contributed by atoms with van der Waals surface area (Å²) in [4.78, 5) is 3.55. The van der Waals surface area contributed by atoms with Gasteiger partial charge in [-0.1, -0.05) is 13.8 Å². The minimum absolute atomic E-state index is 0.0326. The molecule has 34 heavy (non-hydrogen) atoms. The molecule has 2 N–H and O–H groups in total. The Labute approximate surface area is 196 Å². The number of hydrogen-bond acceptors (Lipinski definition) is 9. The number of aromatic nitrogens is 1. The zero-order valence-corrected chi connectivity index (χ0v) is 19.3. The molecule has 0 bridgehead atoms. The highest BCUT2D eigenvalue weighted by Gasteiger charge is 2.51. The van der Waals surface area contributed by atoms with Crippen LogP contribution in [0, 0.1) is 34.4 Å². The summed E-state index contributed by atoms with van der Waals surface area (Å²) >= 11 is 0. The van der Waals surface area contributed by atoms with Crippen LogP contribution in [0.5, 0.6) is 11.5 Å². The molecular weight excluding hydrogens is 467 g/mol. The van der Waals surface area contributed by atoms with E-state index in [1.165, 1.54) is 12.1 Å². The van der Waals surface area contributed by atoms with Crippen molar-refractivity contribution in [3.63, 3.8) is 0 Å². The van der Waals surface area contributed by atoms with Crippen LogP contribution < -0.4 is 9.47 Å². The number of nitrogens with zero attached hydrogens (tertiary/aromatic N) is 4. The van der Waals surface area contributed by atoms with Gasteiger partial charge in [-0.3, -0.25) is 0 Å². The van der Waals surface area contributed by atoms with Gasteiger partial charge in [-0.15, -0.1) is 0 Å².